The molecule has 4 rings (SSSR count). The molecule has 0 bridgehead atoms. The highest BCUT2D eigenvalue weighted by molar-refractivity contribution is 6.30. The Kier molecular flexibility index (Phi) is 9.55. The summed E-state index contributed by atoms with van der Waals surface area (Å²) < 4.78 is 14.3. The lowest BCUT2D eigenvalue weighted by Crippen LogP contribution is -2.41. The van der Waals surface area contributed by atoms with Crippen LogP contribution in [-0.4, -0.2) is 40.0 Å². The Bertz CT molecular complexity index is 1390. The van der Waals surface area contributed by atoms with Crippen molar-refractivity contribution in [3.8, 4) is 5.75 Å². The van der Waals surface area contributed by atoms with E-state index in [-0.39, 0.29) is 37.8 Å². The number of hydrogen-bond acceptors (Lipinski definition) is 6. The van der Waals surface area contributed by atoms with Crippen molar-refractivity contribution in [2.75, 3.05) is 19.8 Å². The average molecular weight is 540 g/mol. The molecule has 1 unspecified atom stereocenters. The van der Waals surface area contributed by atoms with E-state index < -0.39 is 5.69 Å². The first-order chi connectivity index (χ1) is 18.4. The lowest BCUT2D eigenvalue weighted by Gasteiger charge is -2.18. The summed E-state index contributed by atoms with van der Waals surface area (Å²) >= 11 is 6.06. The quantitative estimate of drug-likeness (QED) is 0.392. The number of aliphatic imine (C=N–C) groups is 1. The van der Waals surface area contributed by atoms with Gasteiger partial charge < -0.3 is 14.6 Å². The summed E-state index contributed by atoms with van der Waals surface area (Å²) in [5.74, 6) is 1.47. The second kappa shape index (κ2) is 13.0. The molecule has 9 heteroatoms. The third kappa shape index (κ3) is 6.62. The molecule has 0 fully saturated rings. The van der Waals surface area contributed by atoms with Gasteiger partial charge in [-0.1, -0.05) is 42.8 Å². The first kappa shape index (κ1) is 27.8. The number of nitrogens with zero attached hydrogens (tertiary/aromatic N) is 3. The van der Waals surface area contributed by atoms with E-state index in [1.165, 1.54) is 9.13 Å². The molecule has 1 aliphatic rings. The van der Waals surface area contributed by atoms with E-state index in [4.69, 9.17) is 31.2 Å². The molecule has 1 N–H and O–H groups in total. The molecular weight excluding hydrogens is 506 g/mol. The summed E-state index contributed by atoms with van der Waals surface area (Å²) in [6.07, 6.45) is 3.56. The van der Waals surface area contributed by atoms with Crippen LogP contribution in [0, 0.1) is 5.92 Å². The maximum atomic E-state index is 13.4. The van der Waals surface area contributed by atoms with E-state index in [1.807, 2.05) is 48.5 Å². The van der Waals surface area contributed by atoms with E-state index in [2.05, 4.69) is 6.92 Å². The monoisotopic (exact) mass is 539 g/mol. The van der Waals surface area contributed by atoms with Gasteiger partial charge in [-0.2, -0.15) is 4.99 Å². The predicted molar refractivity (Wildman–Crippen MR) is 149 cm³/mol. The van der Waals surface area contributed by atoms with Gasteiger partial charge in [0.15, 0.2) is 5.90 Å². The second-order valence-corrected chi connectivity index (χ2v) is 9.83. The molecule has 0 amide bonds. The van der Waals surface area contributed by atoms with Crippen molar-refractivity contribution < 1.29 is 14.6 Å². The zero-order valence-electron chi connectivity index (χ0n) is 21.9. The van der Waals surface area contributed by atoms with Crippen molar-refractivity contribution in [2.45, 2.75) is 45.6 Å². The maximum Gasteiger partial charge on any atom is 0.332 e. The van der Waals surface area contributed by atoms with Gasteiger partial charge in [0.2, 0.25) is 0 Å². The van der Waals surface area contributed by atoms with Crippen LogP contribution in [0.15, 0.2) is 63.1 Å². The van der Waals surface area contributed by atoms with E-state index in [0.29, 0.717) is 40.9 Å². The van der Waals surface area contributed by atoms with Gasteiger partial charge in [0.1, 0.15) is 11.6 Å². The molecular formula is C29H34ClN3O5. The molecule has 1 aliphatic heterocycles. The van der Waals surface area contributed by atoms with E-state index in [1.54, 1.807) is 7.05 Å². The molecule has 0 spiro atoms. The standard InChI is InChI=1S/C29H34ClN3O5/c1-3-20-5-4-6-24(19-20)38-27-22(10-7-21-8-12-23(30)13-9-21)11-14-25-26(31-27)32(2)29(36)33(28(25)35)15-17-37-18-16-34/h4-6,8-9,12-13,19,22,34H,3,7,10-11,14-18H2,1-2H3. The molecule has 38 heavy (non-hydrogen) atoms. The second-order valence-electron chi connectivity index (χ2n) is 9.39. The molecule has 3 aromatic rings. The van der Waals surface area contributed by atoms with Crippen molar-refractivity contribution in [2.24, 2.45) is 18.0 Å². The molecule has 0 saturated heterocycles. The van der Waals surface area contributed by atoms with Gasteiger partial charge in [-0.05, 0) is 67.5 Å². The molecule has 1 aromatic heterocycles. The summed E-state index contributed by atoms with van der Waals surface area (Å²) in [7, 11) is 1.62. The topological polar surface area (TPSA) is 95.1 Å². The van der Waals surface area contributed by atoms with E-state index in [9.17, 15) is 9.59 Å². The van der Waals surface area contributed by atoms with Crippen molar-refractivity contribution >= 4 is 23.3 Å². The summed E-state index contributed by atoms with van der Waals surface area (Å²) in [5, 5.41) is 9.62. The number of fused-ring (bicyclic) bond motifs is 1. The Balaban J connectivity index is 1.69. The van der Waals surface area contributed by atoms with Crippen molar-refractivity contribution in [1.82, 2.24) is 9.13 Å². The highest BCUT2D eigenvalue weighted by Gasteiger charge is 2.27. The van der Waals surface area contributed by atoms with Crippen LogP contribution >= 0.6 is 11.6 Å². The van der Waals surface area contributed by atoms with Gasteiger partial charge in [0.25, 0.3) is 5.56 Å². The highest BCUT2D eigenvalue weighted by atomic mass is 35.5. The average Bonchev–Trinajstić information content (AvgIpc) is 3.11. The third-order valence-electron chi connectivity index (χ3n) is 6.84. The number of hydrogen-bond donors (Lipinski definition) is 1. The van der Waals surface area contributed by atoms with Crippen molar-refractivity contribution in [3.63, 3.8) is 0 Å². The van der Waals surface area contributed by atoms with Crippen LogP contribution in [0.25, 0.3) is 0 Å². The zero-order valence-corrected chi connectivity index (χ0v) is 22.6. The Hall–Kier alpha value is -3.20. The molecule has 2 heterocycles. The van der Waals surface area contributed by atoms with Gasteiger partial charge >= 0.3 is 5.69 Å². The Morgan fingerprint density at radius 2 is 1.89 bits per heavy atom. The number of aromatic nitrogens is 2. The summed E-state index contributed by atoms with van der Waals surface area (Å²) in [5.41, 5.74) is 1.98. The van der Waals surface area contributed by atoms with E-state index in [0.717, 1.165) is 30.4 Å². The predicted octanol–water partition coefficient (Wildman–Crippen LogP) is 4.08. The Labute approximate surface area is 227 Å². The minimum absolute atomic E-state index is 0.0563. The fraction of sp³-hybridized carbons (Fsp3) is 0.414. The van der Waals surface area contributed by atoms with Crippen molar-refractivity contribution in [1.29, 1.82) is 0 Å². The van der Waals surface area contributed by atoms with Crippen LogP contribution in [-0.2, 0) is 37.6 Å². The van der Waals surface area contributed by atoms with Crippen LogP contribution in [0.2, 0.25) is 5.02 Å². The van der Waals surface area contributed by atoms with Gasteiger partial charge in [-0.3, -0.25) is 13.9 Å². The number of benzene rings is 2. The fourth-order valence-corrected chi connectivity index (χ4v) is 4.78. The van der Waals surface area contributed by atoms with E-state index >= 15 is 0 Å². The minimum atomic E-state index is -0.461. The van der Waals surface area contributed by atoms with Crippen LogP contribution in [0.5, 0.6) is 5.75 Å². The van der Waals surface area contributed by atoms with Gasteiger partial charge in [-0.15, -0.1) is 0 Å². The fourth-order valence-electron chi connectivity index (χ4n) is 4.65. The largest absolute Gasteiger partial charge is 0.443 e. The molecule has 202 valence electrons. The molecule has 1 atom stereocenters. The summed E-state index contributed by atoms with van der Waals surface area (Å²) in [6.45, 7) is 2.38. The molecule has 0 radical (unpaired) electrons. The van der Waals surface area contributed by atoms with Crippen LogP contribution < -0.4 is 16.0 Å². The first-order valence-corrected chi connectivity index (χ1v) is 13.4. The van der Waals surface area contributed by atoms with Crippen LogP contribution in [0.3, 0.4) is 0 Å². The lowest BCUT2D eigenvalue weighted by molar-refractivity contribution is 0.0857. The van der Waals surface area contributed by atoms with Gasteiger partial charge in [0, 0.05) is 18.0 Å². The highest BCUT2D eigenvalue weighted by Crippen LogP contribution is 2.29. The van der Waals surface area contributed by atoms with Crippen molar-refractivity contribution in [3.05, 3.63) is 91.1 Å². The molecule has 0 aliphatic carbocycles. The number of rotatable bonds is 10. The lowest BCUT2D eigenvalue weighted by atomic mass is 9.94. The Morgan fingerprint density at radius 1 is 1.11 bits per heavy atom. The van der Waals surface area contributed by atoms with Gasteiger partial charge in [0.05, 0.1) is 31.9 Å². The third-order valence-corrected chi connectivity index (χ3v) is 7.09. The van der Waals surface area contributed by atoms with Gasteiger partial charge in [-0.25, -0.2) is 4.79 Å². The number of aryl methyl sites for hydroxylation is 2. The Morgan fingerprint density at radius 3 is 2.63 bits per heavy atom. The minimum Gasteiger partial charge on any atom is -0.443 e. The normalized spacial score (nSPS) is 15.1. The smallest absolute Gasteiger partial charge is 0.332 e. The van der Waals surface area contributed by atoms with Crippen LogP contribution in [0.4, 0.5) is 5.82 Å². The molecule has 0 saturated carbocycles. The molecule has 8 nitrogen and oxygen atoms in total. The summed E-state index contributed by atoms with van der Waals surface area (Å²) in [4.78, 5) is 31.3. The maximum absolute atomic E-state index is 13.4. The number of ether oxygens (including phenoxy) is 2. The zero-order chi connectivity index (χ0) is 27.1. The molecule has 2 aromatic carbocycles. The number of halogens is 1. The number of aliphatic hydroxyl groups excluding tert-OH is 1. The SMILES string of the molecule is CCc1cccc(OC2=Nc3c(c(=O)n(CCOCCO)c(=O)n3C)CCC2CCc2ccc(Cl)cc2)c1. The first-order valence-electron chi connectivity index (χ1n) is 13.0. The summed E-state index contributed by atoms with van der Waals surface area (Å²) in [6, 6.07) is 15.7. The van der Waals surface area contributed by atoms with Crippen LogP contribution in [0.1, 0.15) is 36.5 Å². The number of aliphatic hydroxyl groups is 1.